The van der Waals surface area contributed by atoms with Gasteiger partial charge in [-0.25, -0.2) is 4.98 Å². The summed E-state index contributed by atoms with van der Waals surface area (Å²) in [5, 5.41) is 6.63. The summed E-state index contributed by atoms with van der Waals surface area (Å²) >= 11 is 0. The zero-order valence-electron chi connectivity index (χ0n) is 16.2. The van der Waals surface area contributed by atoms with Gasteiger partial charge in [-0.15, -0.1) is 0 Å². The van der Waals surface area contributed by atoms with Gasteiger partial charge in [-0.2, -0.15) is 0 Å². The zero-order valence-corrected chi connectivity index (χ0v) is 16.2. The summed E-state index contributed by atoms with van der Waals surface area (Å²) in [6, 6.07) is 12.3. The lowest BCUT2D eigenvalue weighted by Crippen LogP contribution is -2.38. The highest BCUT2D eigenvalue weighted by atomic mass is 16.5. The highest BCUT2D eigenvalue weighted by Gasteiger charge is 2.13. The molecule has 144 valence electrons. The van der Waals surface area contributed by atoms with E-state index in [0.717, 1.165) is 30.6 Å². The largest absolute Gasteiger partial charge is 0.492 e. The molecule has 0 radical (unpaired) electrons. The van der Waals surface area contributed by atoms with Crippen molar-refractivity contribution in [2.45, 2.75) is 26.3 Å². The number of guanidine groups is 1. The summed E-state index contributed by atoms with van der Waals surface area (Å²) in [6.45, 7) is 6.25. The molecule has 3 rings (SSSR count). The fourth-order valence-corrected chi connectivity index (χ4v) is 3.07. The lowest BCUT2D eigenvalue weighted by molar-refractivity contribution is 0.322. The Morgan fingerprint density at radius 1 is 1.15 bits per heavy atom. The third kappa shape index (κ3) is 5.88. The van der Waals surface area contributed by atoms with Gasteiger partial charge in [0.15, 0.2) is 5.96 Å². The summed E-state index contributed by atoms with van der Waals surface area (Å²) in [5.41, 5.74) is 2.43. The minimum absolute atomic E-state index is 0.581. The monoisotopic (exact) mass is 367 g/mol. The molecule has 0 atom stereocenters. The lowest BCUT2D eigenvalue weighted by atomic mass is 10.2. The van der Waals surface area contributed by atoms with Crippen LogP contribution in [0, 0.1) is 6.92 Å². The fourth-order valence-electron chi connectivity index (χ4n) is 3.07. The van der Waals surface area contributed by atoms with Crippen LogP contribution in [0.4, 0.5) is 5.82 Å². The number of hydrogen-bond donors (Lipinski definition) is 2. The van der Waals surface area contributed by atoms with Crippen LogP contribution in [0.1, 0.15) is 24.0 Å². The van der Waals surface area contributed by atoms with E-state index < -0.39 is 0 Å². The third-order valence-corrected chi connectivity index (χ3v) is 4.61. The number of hydrogen-bond acceptors (Lipinski definition) is 4. The molecule has 6 nitrogen and oxygen atoms in total. The van der Waals surface area contributed by atoms with Gasteiger partial charge in [-0.05, 0) is 49.6 Å². The molecule has 2 N–H and O–H groups in total. The van der Waals surface area contributed by atoms with Crippen LogP contribution in [0.5, 0.6) is 5.75 Å². The Balaban J connectivity index is 1.41. The fraction of sp³-hybridized carbons (Fsp3) is 0.429. The average molecular weight is 367 g/mol. The van der Waals surface area contributed by atoms with E-state index in [-0.39, 0.29) is 0 Å². The van der Waals surface area contributed by atoms with E-state index in [9.17, 15) is 0 Å². The van der Waals surface area contributed by atoms with Crippen molar-refractivity contribution >= 4 is 11.8 Å². The summed E-state index contributed by atoms with van der Waals surface area (Å²) in [4.78, 5) is 11.1. The quantitative estimate of drug-likeness (QED) is 0.448. The standard InChI is InChI=1S/C21H29N5O/c1-17-5-7-19(8-6-17)27-14-11-24-21(22-2)25-16-18-9-10-23-20(15-18)26-12-3-4-13-26/h5-10,15H,3-4,11-14,16H2,1-2H3,(H2,22,24,25). The molecule has 0 spiro atoms. The van der Waals surface area contributed by atoms with Gasteiger partial charge in [-0.3, -0.25) is 4.99 Å². The van der Waals surface area contributed by atoms with Gasteiger partial charge in [0.05, 0.1) is 6.54 Å². The van der Waals surface area contributed by atoms with Crippen molar-refractivity contribution in [3.8, 4) is 5.75 Å². The first-order valence-electron chi connectivity index (χ1n) is 9.58. The van der Waals surface area contributed by atoms with Gasteiger partial charge < -0.3 is 20.3 Å². The smallest absolute Gasteiger partial charge is 0.191 e. The van der Waals surface area contributed by atoms with Crippen LogP contribution >= 0.6 is 0 Å². The molecule has 0 saturated carbocycles. The number of benzene rings is 1. The molecule has 6 heteroatoms. The van der Waals surface area contributed by atoms with Crippen molar-refractivity contribution in [1.29, 1.82) is 0 Å². The third-order valence-electron chi connectivity index (χ3n) is 4.61. The van der Waals surface area contributed by atoms with Crippen LogP contribution in [0.3, 0.4) is 0 Å². The van der Waals surface area contributed by atoms with E-state index in [1.54, 1.807) is 7.05 Å². The molecule has 0 bridgehead atoms. The van der Waals surface area contributed by atoms with Gasteiger partial charge in [0, 0.05) is 32.9 Å². The predicted octanol–water partition coefficient (Wildman–Crippen LogP) is 2.73. The number of anilines is 1. The minimum Gasteiger partial charge on any atom is -0.492 e. The van der Waals surface area contributed by atoms with Crippen molar-refractivity contribution < 1.29 is 4.74 Å². The molecule has 1 saturated heterocycles. The molecular weight excluding hydrogens is 338 g/mol. The van der Waals surface area contributed by atoms with Crippen molar-refractivity contribution in [3.05, 3.63) is 53.7 Å². The molecule has 1 aliphatic rings. The molecule has 0 aliphatic carbocycles. The maximum atomic E-state index is 5.73. The first kappa shape index (κ1) is 19.0. The number of aromatic nitrogens is 1. The number of nitrogens with zero attached hydrogens (tertiary/aromatic N) is 3. The first-order chi connectivity index (χ1) is 13.2. The highest BCUT2D eigenvalue weighted by Crippen LogP contribution is 2.18. The number of nitrogens with one attached hydrogen (secondary N) is 2. The number of pyridine rings is 1. The summed E-state index contributed by atoms with van der Waals surface area (Å²) < 4.78 is 5.73. The van der Waals surface area contributed by atoms with Gasteiger partial charge in [0.1, 0.15) is 18.2 Å². The maximum absolute atomic E-state index is 5.73. The van der Waals surface area contributed by atoms with Crippen LogP contribution in [0.15, 0.2) is 47.6 Å². The van der Waals surface area contributed by atoms with Crippen LogP contribution in [-0.4, -0.2) is 44.2 Å². The second-order valence-electron chi connectivity index (χ2n) is 6.73. The zero-order chi connectivity index (χ0) is 18.9. The Hall–Kier alpha value is -2.76. The van der Waals surface area contributed by atoms with Crippen LogP contribution in [-0.2, 0) is 6.54 Å². The Kier molecular flexibility index (Phi) is 6.90. The lowest BCUT2D eigenvalue weighted by Gasteiger charge is -2.17. The topological polar surface area (TPSA) is 61.8 Å². The predicted molar refractivity (Wildman–Crippen MR) is 111 cm³/mol. The first-order valence-corrected chi connectivity index (χ1v) is 9.58. The van der Waals surface area contributed by atoms with Crippen molar-refractivity contribution in [2.24, 2.45) is 4.99 Å². The van der Waals surface area contributed by atoms with Gasteiger partial charge in [-0.1, -0.05) is 17.7 Å². The molecule has 1 aliphatic heterocycles. The van der Waals surface area contributed by atoms with E-state index in [4.69, 9.17) is 4.74 Å². The molecule has 1 aromatic heterocycles. The maximum Gasteiger partial charge on any atom is 0.191 e. The molecule has 2 heterocycles. The van der Waals surface area contributed by atoms with Gasteiger partial charge in [0.2, 0.25) is 0 Å². The molecule has 27 heavy (non-hydrogen) atoms. The van der Waals surface area contributed by atoms with E-state index in [1.165, 1.54) is 24.0 Å². The van der Waals surface area contributed by atoms with Gasteiger partial charge >= 0.3 is 0 Å². The highest BCUT2D eigenvalue weighted by molar-refractivity contribution is 5.79. The van der Waals surface area contributed by atoms with E-state index in [0.29, 0.717) is 19.7 Å². The van der Waals surface area contributed by atoms with Gasteiger partial charge in [0.25, 0.3) is 0 Å². The molecule has 0 amide bonds. The van der Waals surface area contributed by atoms with Crippen LogP contribution in [0.2, 0.25) is 0 Å². The Morgan fingerprint density at radius 3 is 2.67 bits per heavy atom. The average Bonchev–Trinajstić information content (AvgIpc) is 3.24. The number of aryl methyl sites for hydroxylation is 1. The Bertz CT molecular complexity index is 738. The Labute approximate surface area is 161 Å². The van der Waals surface area contributed by atoms with E-state index >= 15 is 0 Å². The molecule has 1 fully saturated rings. The molecule has 0 unspecified atom stereocenters. The van der Waals surface area contributed by atoms with Crippen molar-refractivity contribution in [1.82, 2.24) is 15.6 Å². The molecular formula is C21H29N5O. The molecule has 1 aromatic carbocycles. The molecule has 2 aromatic rings. The Morgan fingerprint density at radius 2 is 1.93 bits per heavy atom. The normalized spacial score (nSPS) is 14.3. The van der Waals surface area contributed by atoms with Crippen molar-refractivity contribution in [2.75, 3.05) is 38.2 Å². The SMILES string of the molecule is CN=C(NCCOc1ccc(C)cc1)NCc1ccnc(N2CCCC2)c1. The van der Waals surface area contributed by atoms with Crippen LogP contribution < -0.4 is 20.3 Å². The summed E-state index contributed by atoms with van der Waals surface area (Å²) in [5.74, 6) is 2.72. The summed E-state index contributed by atoms with van der Waals surface area (Å²) in [6.07, 6.45) is 4.40. The summed E-state index contributed by atoms with van der Waals surface area (Å²) in [7, 11) is 1.78. The van der Waals surface area contributed by atoms with Crippen molar-refractivity contribution in [3.63, 3.8) is 0 Å². The second-order valence-corrected chi connectivity index (χ2v) is 6.73. The van der Waals surface area contributed by atoms with Crippen LogP contribution in [0.25, 0.3) is 0 Å². The number of ether oxygens (including phenoxy) is 1. The second kappa shape index (κ2) is 9.80. The minimum atomic E-state index is 0.581. The number of aliphatic imine (C=N–C) groups is 1. The van der Waals surface area contributed by atoms with E-state index in [1.807, 2.05) is 36.5 Å². The van der Waals surface area contributed by atoms with E-state index in [2.05, 4.69) is 38.5 Å². The number of rotatable bonds is 7.